The summed E-state index contributed by atoms with van der Waals surface area (Å²) in [5.74, 6) is 0. The lowest BCUT2D eigenvalue weighted by atomic mass is 9.96. The Balaban J connectivity index is 3.15. The maximum absolute atomic E-state index is 3.67. The second kappa shape index (κ2) is 3.97. The Bertz CT molecular complexity index is 287. The van der Waals surface area contributed by atoms with Gasteiger partial charge in [0, 0.05) is 8.65 Å². The smallest absolute Gasteiger partial charge is 0.0449 e. The van der Waals surface area contributed by atoms with E-state index in [2.05, 4.69) is 83.8 Å². The highest BCUT2D eigenvalue weighted by Crippen LogP contribution is 2.35. The Morgan fingerprint density at radius 1 is 0.857 bits per heavy atom. The summed E-state index contributed by atoms with van der Waals surface area (Å²) in [4.78, 5) is 0. The number of alkyl halides is 2. The molecule has 1 aromatic rings. The van der Waals surface area contributed by atoms with Crippen LogP contribution in [0.4, 0.5) is 0 Å². The van der Waals surface area contributed by atoms with Crippen molar-refractivity contribution >= 4 is 31.9 Å². The SMILES string of the molecule is CC(C)(Br)c1cccc(C(C)(C)Br)c1. The lowest BCUT2D eigenvalue weighted by molar-refractivity contribution is 0.773. The Morgan fingerprint density at radius 2 is 1.21 bits per heavy atom. The largest absolute Gasteiger partial charge is 0.0807 e. The van der Waals surface area contributed by atoms with Gasteiger partial charge in [0.1, 0.15) is 0 Å². The van der Waals surface area contributed by atoms with E-state index in [4.69, 9.17) is 0 Å². The van der Waals surface area contributed by atoms with E-state index in [0.29, 0.717) is 0 Å². The highest BCUT2D eigenvalue weighted by Gasteiger charge is 2.20. The van der Waals surface area contributed by atoms with Gasteiger partial charge < -0.3 is 0 Å². The fourth-order valence-electron chi connectivity index (χ4n) is 1.26. The number of rotatable bonds is 2. The Hall–Kier alpha value is 0.180. The van der Waals surface area contributed by atoms with E-state index < -0.39 is 0 Å². The predicted octanol–water partition coefficient (Wildman–Crippen LogP) is 4.95. The molecule has 14 heavy (non-hydrogen) atoms. The fourth-order valence-corrected chi connectivity index (χ4v) is 1.75. The predicted molar refractivity (Wildman–Crippen MR) is 70.3 cm³/mol. The average Bonchev–Trinajstić information content (AvgIpc) is 2.01. The number of hydrogen-bond donors (Lipinski definition) is 0. The van der Waals surface area contributed by atoms with E-state index in [-0.39, 0.29) is 8.65 Å². The monoisotopic (exact) mass is 318 g/mol. The summed E-state index contributed by atoms with van der Waals surface area (Å²) in [7, 11) is 0. The van der Waals surface area contributed by atoms with Crippen LogP contribution in [0.25, 0.3) is 0 Å². The van der Waals surface area contributed by atoms with Crippen LogP contribution in [0.5, 0.6) is 0 Å². The van der Waals surface area contributed by atoms with Crippen molar-refractivity contribution in [2.24, 2.45) is 0 Å². The molecule has 0 heterocycles. The van der Waals surface area contributed by atoms with Gasteiger partial charge in [0.05, 0.1) is 0 Å². The zero-order valence-corrected chi connectivity index (χ0v) is 12.2. The highest BCUT2D eigenvalue weighted by molar-refractivity contribution is 9.09. The quantitative estimate of drug-likeness (QED) is 0.677. The van der Waals surface area contributed by atoms with Gasteiger partial charge in [-0.2, -0.15) is 0 Å². The second-order valence-corrected chi connectivity index (χ2v) is 8.49. The van der Waals surface area contributed by atoms with E-state index in [0.717, 1.165) is 0 Å². The Labute approximate surface area is 103 Å². The van der Waals surface area contributed by atoms with Gasteiger partial charge in [0.2, 0.25) is 0 Å². The van der Waals surface area contributed by atoms with Gasteiger partial charge in [-0.05, 0) is 38.8 Å². The van der Waals surface area contributed by atoms with Crippen molar-refractivity contribution in [3.8, 4) is 0 Å². The van der Waals surface area contributed by atoms with Crippen molar-refractivity contribution in [2.45, 2.75) is 36.3 Å². The van der Waals surface area contributed by atoms with Gasteiger partial charge in [-0.15, -0.1) is 0 Å². The van der Waals surface area contributed by atoms with Crippen LogP contribution < -0.4 is 0 Å². The van der Waals surface area contributed by atoms with Crippen LogP contribution in [-0.2, 0) is 8.65 Å². The van der Waals surface area contributed by atoms with Crippen LogP contribution in [-0.4, -0.2) is 0 Å². The molecule has 0 amide bonds. The molecule has 0 unspecified atom stereocenters. The minimum Gasteiger partial charge on any atom is -0.0807 e. The van der Waals surface area contributed by atoms with Crippen molar-refractivity contribution in [3.05, 3.63) is 35.4 Å². The third-order valence-corrected chi connectivity index (χ3v) is 3.15. The number of hydrogen-bond acceptors (Lipinski definition) is 0. The van der Waals surface area contributed by atoms with Gasteiger partial charge >= 0.3 is 0 Å². The molecule has 0 nitrogen and oxygen atoms in total. The second-order valence-electron chi connectivity index (χ2n) is 4.53. The summed E-state index contributed by atoms with van der Waals surface area (Å²) in [5.41, 5.74) is 2.62. The molecule has 1 rings (SSSR count). The van der Waals surface area contributed by atoms with Crippen LogP contribution >= 0.6 is 31.9 Å². The van der Waals surface area contributed by atoms with Crippen LogP contribution in [0.15, 0.2) is 24.3 Å². The molecule has 0 fully saturated rings. The van der Waals surface area contributed by atoms with Crippen LogP contribution in [0.1, 0.15) is 38.8 Å². The van der Waals surface area contributed by atoms with Gasteiger partial charge in [-0.25, -0.2) is 0 Å². The first kappa shape index (κ1) is 12.3. The molecule has 0 aliphatic rings. The van der Waals surface area contributed by atoms with Crippen molar-refractivity contribution in [2.75, 3.05) is 0 Å². The first-order chi connectivity index (χ1) is 6.21. The minimum atomic E-state index is 0.0429. The molecule has 0 atom stereocenters. The lowest BCUT2D eigenvalue weighted by Crippen LogP contribution is -2.11. The average molecular weight is 320 g/mol. The summed E-state index contributed by atoms with van der Waals surface area (Å²) in [6.45, 7) is 8.64. The third-order valence-electron chi connectivity index (χ3n) is 2.24. The zero-order valence-electron chi connectivity index (χ0n) is 9.07. The van der Waals surface area contributed by atoms with E-state index >= 15 is 0 Å². The molecule has 2 heteroatoms. The summed E-state index contributed by atoms with van der Waals surface area (Å²) in [6, 6.07) is 8.65. The first-order valence-corrected chi connectivity index (χ1v) is 6.29. The van der Waals surface area contributed by atoms with E-state index in [1.54, 1.807) is 0 Å². The van der Waals surface area contributed by atoms with Crippen LogP contribution in [0, 0.1) is 0 Å². The van der Waals surface area contributed by atoms with Crippen molar-refractivity contribution in [3.63, 3.8) is 0 Å². The standard InChI is InChI=1S/C12H16Br2/c1-11(2,13)9-6-5-7-10(8-9)12(3,4)14/h5-8H,1-4H3. The molecule has 0 bridgehead atoms. The van der Waals surface area contributed by atoms with E-state index in [9.17, 15) is 0 Å². The summed E-state index contributed by atoms with van der Waals surface area (Å²) >= 11 is 7.34. The molecule has 0 aromatic heterocycles. The number of benzene rings is 1. The molecule has 0 saturated heterocycles. The zero-order chi connectivity index (χ0) is 11.0. The Kier molecular flexibility index (Phi) is 3.48. The highest BCUT2D eigenvalue weighted by atomic mass is 79.9. The topological polar surface area (TPSA) is 0 Å². The first-order valence-electron chi connectivity index (χ1n) is 4.70. The molecule has 0 aliphatic carbocycles. The summed E-state index contributed by atoms with van der Waals surface area (Å²) in [6.07, 6.45) is 0. The molecule has 78 valence electrons. The van der Waals surface area contributed by atoms with Crippen LogP contribution in [0.3, 0.4) is 0 Å². The third kappa shape index (κ3) is 3.09. The molecule has 0 spiro atoms. The maximum atomic E-state index is 3.67. The maximum Gasteiger partial charge on any atom is 0.0449 e. The molecule has 0 aliphatic heterocycles. The van der Waals surface area contributed by atoms with Gasteiger partial charge in [0.15, 0.2) is 0 Å². The van der Waals surface area contributed by atoms with Crippen molar-refractivity contribution < 1.29 is 0 Å². The molecule has 0 N–H and O–H groups in total. The lowest BCUT2D eigenvalue weighted by Gasteiger charge is -2.22. The van der Waals surface area contributed by atoms with Crippen LogP contribution in [0.2, 0.25) is 0 Å². The molecular weight excluding hydrogens is 304 g/mol. The van der Waals surface area contributed by atoms with Gasteiger partial charge in [-0.1, -0.05) is 56.1 Å². The summed E-state index contributed by atoms with van der Waals surface area (Å²) < 4.78 is 0.0858. The molecule has 1 aromatic carbocycles. The van der Waals surface area contributed by atoms with Crippen molar-refractivity contribution in [1.29, 1.82) is 0 Å². The number of halogens is 2. The van der Waals surface area contributed by atoms with Gasteiger partial charge in [0.25, 0.3) is 0 Å². The van der Waals surface area contributed by atoms with Crippen molar-refractivity contribution in [1.82, 2.24) is 0 Å². The Morgan fingerprint density at radius 3 is 1.50 bits per heavy atom. The molecule has 0 saturated carbocycles. The van der Waals surface area contributed by atoms with Gasteiger partial charge in [-0.3, -0.25) is 0 Å². The fraction of sp³-hybridized carbons (Fsp3) is 0.500. The molecule has 0 radical (unpaired) electrons. The minimum absolute atomic E-state index is 0.0429. The van der Waals surface area contributed by atoms with E-state index in [1.165, 1.54) is 11.1 Å². The summed E-state index contributed by atoms with van der Waals surface area (Å²) in [5, 5.41) is 0. The van der Waals surface area contributed by atoms with E-state index in [1.807, 2.05) is 0 Å². The molecular formula is C12H16Br2. The normalized spacial score (nSPS) is 13.0.